The second-order valence-electron chi connectivity index (χ2n) is 10.9. The second kappa shape index (κ2) is 10.1. The molecule has 0 spiro atoms. The van der Waals surface area contributed by atoms with E-state index in [-0.39, 0.29) is 29.3 Å². The summed E-state index contributed by atoms with van der Waals surface area (Å²) in [5, 5.41) is 3.06. The molecule has 2 aliphatic rings. The van der Waals surface area contributed by atoms with E-state index in [0.717, 1.165) is 12.8 Å². The SMILES string of the molecule is CN1C[C@H](F)C[C@H]1COc1nc(N2CCC[C@@](C)(NC(=O)OC(C)(C)C)C2)c2cnc(Cl)c(F)c2n1. The van der Waals surface area contributed by atoms with Crippen LogP contribution in [-0.4, -0.2) is 82.6 Å². The van der Waals surface area contributed by atoms with Crippen LogP contribution in [0.3, 0.4) is 0 Å². The maximum absolute atomic E-state index is 15.0. The van der Waals surface area contributed by atoms with Crippen molar-refractivity contribution in [2.75, 3.05) is 38.2 Å². The molecule has 2 aliphatic heterocycles. The fraction of sp³-hybridized carbons (Fsp3) is 0.667. The van der Waals surface area contributed by atoms with E-state index in [0.29, 0.717) is 37.3 Å². The van der Waals surface area contributed by atoms with Crippen LogP contribution < -0.4 is 15.0 Å². The van der Waals surface area contributed by atoms with Gasteiger partial charge in [0.2, 0.25) is 0 Å². The van der Waals surface area contributed by atoms with Crippen LogP contribution in [0.1, 0.15) is 47.0 Å². The molecule has 1 N–H and O–H groups in total. The number of piperidine rings is 1. The third-order valence-corrected chi connectivity index (χ3v) is 6.71. The van der Waals surface area contributed by atoms with Crippen LogP contribution >= 0.6 is 11.6 Å². The van der Waals surface area contributed by atoms with Gasteiger partial charge >= 0.3 is 12.1 Å². The van der Waals surface area contributed by atoms with Gasteiger partial charge in [-0.05, 0) is 54.0 Å². The van der Waals surface area contributed by atoms with E-state index in [4.69, 9.17) is 21.1 Å². The molecule has 2 saturated heterocycles. The maximum atomic E-state index is 15.0. The number of ether oxygens (including phenoxy) is 2. The zero-order valence-corrected chi connectivity index (χ0v) is 22.0. The number of hydrogen-bond acceptors (Lipinski definition) is 8. The molecule has 2 aromatic heterocycles. The van der Waals surface area contributed by atoms with Gasteiger partial charge in [0.05, 0.1) is 10.9 Å². The predicted molar refractivity (Wildman–Crippen MR) is 133 cm³/mol. The zero-order valence-electron chi connectivity index (χ0n) is 21.3. The molecule has 2 aromatic rings. The number of pyridine rings is 1. The van der Waals surface area contributed by atoms with E-state index < -0.39 is 29.2 Å². The van der Waals surface area contributed by atoms with Crippen molar-refractivity contribution in [3.63, 3.8) is 0 Å². The van der Waals surface area contributed by atoms with Gasteiger partial charge in [0.25, 0.3) is 0 Å². The number of nitrogens with zero attached hydrogens (tertiary/aromatic N) is 5. The molecule has 1 amide bonds. The Balaban J connectivity index is 1.61. The number of rotatable bonds is 5. The molecule has 12 heteroatoms. The highest BCUT2D eigenvalue weighted by Gasteiger charge is 2.36. The standard InChI is InChI=1S/C24H33ClF2N6O3/c1-23(2,3)36-22(34)31-24(4)7-6-8-33(13-24)20-16-10-28-19(25)17(27)18(16)29-21(30-20)35-12-15-9-14(26)11-32(15)5/h10,14-15H,6-9,11-13H2,1-5H3,(H,31,34)/t14-,15+,24-/m1/s1. The zero-order chi connectivity index (χ0) is 26.3. The van der Waals surface area contributed by atoms with Crippen LogP contribution in [-0.2, 0) is 4.74 Å². The van der Waals surface area contributed by atoms with E-state index in [1.807, 2.05) is 23.8 Å². The molecular weight excluding hydrogens is 494 g/mol. The van der Waals surface area contributed by atoms with E-state index >= 15 is 0 Å². The van der Waals surface area contributed by atoms with Crippen molar-refractivity contribution >= 4 is 34.4 Å². The minimum atomic E-state index is -0.914. The Hall–Kier alpha value is -2.53. The number of likely N-dealkylation sites (N-methyl/N-ethyl adjacent to an activating group) is 1. The minimum absolute atomic E-state index is 0.00878. The summed E-state index contributed by atoms with van der Waals surface area (Å²) in [5.74, 6) is -0.339. The number of amides is 1. The number of fused-ring (bicyclic) bond motifs is 1. The van der Waals surface area contributed by atoms with Gasteiger partial charge in [0.1, 0.15) is 29.7 Å². The summed E-state index contributed by atoms with van der Waals surface area (Å²) in [7, 11) is 1.83. The number of halogens is 3. The number of alkyl halides is 1. The van der Waals surface area contributed by atoms with E-state index in [1.165, 1.54) is 6.20 Å². The molecule has 0 bridgehead atoms. The average Bonchev–Trinajstić information content (AvgIpc) is 3.09. The summed E-state index contributed by atoms with van der Waals surface area (Å²) >= 11 is 5.94. The molecule has 4 rings (SSSR count). The molecule has 0 radical (unpaired) electrons. The first-order valence-electron chi connectivity index (χ1n) is 12.1. The fourth-order valence-electron chi connectivity index (χ4n) is 4.75. The highest BCUT2D eigenvalue weighted by atomic mass is 35.5. The number of nitrogens with one attached hydrogen (secondary N) is 1. The number of carbonyl (C=O) groups excluding carboxylic acids is 1. The topological polar surface area (TPSA) is 92.7 Å². The molecule has 9 nitrogen and oxygen atoms in total. The molecule has 3 atom stereocenters. The Morgan fingerprint density at radius 1 is 1.36 bits per heavy atom. The molecule has 4 heterocycles. The van der Waals surface area contributed by atoms with Crippen LogP contribution in [0.4, 0.5) is 19.4 Å². The van der Waals surface area contributed by atoms with Gasteiger partial charge in [-0.3, -0.25) is 4.90 Å². The summed E-state index contributed by atoms with van der Waals surface area (Å²) in [6.45, 7) is 8.88. The first-order chi connectivity index (χ1) is 16.8. The van der Waals surface area contributed by atoms with Gasteiger partial charge in [-0.25, -0.2) is 18.6 Å². The Morgan fingerprint density at radius 3 is 2.78 bits per heavy atom. The molecule has 198 valence electrons. The van der Waals surface area contributed by atoms with Crippen molar-refractivity contribution < 1.29 is 23.0 Å². The number of anilines is 1. The number of aromatic nitrogens is 3. The highest BCUT2D eigenvalue weighted by Crippen LogP contribution is 2.33. The van der Waals surface area contributed by atoms with Crippen molar-refractivity contribution in [2.24, 2.45) is 0 Å². The summed E-state index contributed by atoms with van der Waals surface area (Å²) in [6.07, 6.45) is 1.85. The van der Waals surface area contributed by atoms with Crippen LogP contribution in [0.25, 0.3) is 10.9 Å². The van der Waals surface area contributed by atoms with Gasteiger partial charge in [-0.15, -0.1) is 0 Å². The lowest BCUT2D eigenvalue weighted by Gasteiger charge is -2.41. The summed E-state index contributed by atoms with van der Waals surface area (Å²) in [6, 6.07) is -0.160. The van der Waals surface area contributed by atoms with Gasteiger partial charge in [-0.2, -0.15) is 9.97 Å². The molecule has 2 fully saturated rings. The molecule has 0 aliphatic carbocycles. The third-order valence-electron chi connectivity index (χ3n) is 6.44. The lowest BCUT2D eigenvalue weighted by molar-refractivity contribution is 0.0454. The van der Waals surface area contributed by atoms with E-state index in [9.17, 15) is 13.6 Å². The Kier molecular flexibility index (Phi) is 7.43. The first-order valence-corrected chi connectivity index (χ1v) is 12.5. The highest BCUT2D eigenvalue weighted by molar-refractivity contribution is 6.30. The van der Waals surface area contributed by atoms with Crippen molar-refractivity contribution in [3.8, 4) is 6.01 Å². The number of hydrogen-bond donors (Lipinski definition) is 1. The molecule has 0 aromatic carbocycles. The van der Waals surface area contributed by atoms with Crippen LogP contribution in [0, 0.1) is 5.82 Å². The third kappa shape index (κ3) is 6.05. The number of likely N-dealkylation sites (tertiary alicyclic amines) is 1. The maximum Gasteiger partial charge on any atom is 0.408 e. The predicted octanol–water partition coefficient (Wildman–Crippen LogP) is 4.12. The Labute approximate surface area is 214 Å². The molecule has 36 heavy (non-hydrogen) atoms. The van der Waals surface area contributed by atoms with E-state index in [2.05, 4.69) is 20.3 Å². The fourth-order valence-corrected chi connectivity index (χ4v) is 4.89. The Morgan fingerprint density at radius 2 is 2.11 bits per heavy atom. The van der Waals surface area contributed by atoms with Gasteiger partial charge < -0.3 is 19.7 Å². The normalized spacial score (nSPS) is 25.3. The monoisotopic (exact) mass is 526 g/mol. The largest absolute Gasteiger partial charge is 0.462 e. The molecule has 0 unspecified atom stereocenters. The van der Waals surface area contributed by atoms with Crippen LogP contribution in [0.5, 0.6) is 6.01 Å². The number of alkyl carbamates (subject to hydrolysis) is 1. The van der Waals surface area contributed by atoms with Crippen molar-refractivity contribution in [2.45, 2.75) is 70.3 Å². The van der Waals surface area contributed by atoms with Crippen molar-refractivity contribution in [1.82, 2.24) is 25.2 Å². The lowest BCUT2D eigenvalue weighted by atomic mass is 9.91. The van der Waals surface area contributed by atoms with Crippen LogP contribution in [0.2, 0.25) is 5.15 Å². The van der Waals surface area contributed by atoms with Crippen molar-refractivity contribution in [1.29, 1.82) is 0 Å². The Bertz CT molecular complexity index is 1130. The minimum Gasteiger partial charge on any atom is -0.462 e. The smallest absolute Gasteiger partial charge is 0.408 e. The van der Waals surface area contributed by atoms with E-state index in [1.54, 1.807) is 20.8 Å². The second-order valence-corrected chi connectivity index (χ2v) is 11.3. The quantitative estimate of drug-likeness (QED) is 0.582. The summed E-state index contributed by atoms with van der Waals surface area (Å²) < 4.78 is 40.0. The first kappa shape index (κ1) is 26.5. The van der Waals surface area contributed by atoms with Crippen molar-refractivity contribution in [3.05, 3.63) is 17.2 Å². The van der Waals surface area contributed by atoms with Gasteiger partial charge in [-0.1, -0.05) is 11.6 Å². The molecular formula is C24H33ClF2N6O3. The van der Waals surface area contributed by atoms with Gasteiger partial charge in [0.15, 0.2) is 11.0 Å². The average molecular weight is 527 g/mol. The van der Waals surface area contributed by atoms with Gasteiger partial charge in [0, 0.05) is 31.9 Å². The summed E-state index contributed by atoms with van der Waals surface area (Å²) in [5.41, 5.74) is -1.24. The molecule has 0 saturated carbocycles. The van der Waals surface area contributed by atoms with Crippen LogP contribution in [0.15, 0.2) is 6.20 Å². The lowest BCUT2D eigenvalue weighted by Crippen LogP contribution is -2.57. The summed E-state index contributed by atoms with van der Waals surface area (Å²) in [4.78, 5) is 29.1. The number of carbonyl (C=O) groups is 1.